The molecule has 2 bridgehead atoms. The van der Waals surface area contributed by atoms with Crippen molar-refractivity contribution in [1.82, 2.24) is 0 Å². The van der Waals surface area contributed by atoms with Gasteiger partial charge in [-0.05, 0) is 49.9 Å². The molecule has 2 aromatic carbocycles. The third-order valence-corrected chi connectivity index (χ3v) is 4.68. The first-order valence-corrected chi connectivity index (χ1v) is 7.45. The molecule has 3 heterocycles. The van der Waals surface area contributed by atoms with Crippen molar-refractivity contribution in [1.29, 1.82) is 0 Å². The van der Waals surface area contributed by atoms with Crippen LogP contribution in [0.2, 0.25) is 0 Å². The highest BCUT2D eigenvalue weighted by Crippen LogP contribution is 2.57. The van der Waals surface area contributed by atoms with Gasteiger partial charge in [0.25, 0.3) is 0 Å². The maximum absolute atomic E-state index is 2.50. The first kappa shape index (κ1) is 10.6. The number of rotatable bonds is 0. The van der Waals surface area contributed by atoms with E-state index in [1.165, 1.54) is 59.8 Å². The van der Waals surface area contributed by atoms with Crippen LogP contribution in [-0.2, 0) is 0 Å². The van der Waals surface area contributed by atoms with Crippen molar-refractivity contribution in [2.45, 2.75) is 25.7 Å². The molecule has 0 radical (unpaired) electrons. The van der Waals surface area contributed by atoms with E-state index in [-0.39, 0.29) is 0 Å². The quantitative estimate of drug-likeness (QED) is 0.652. The van der Waals surface area contributed by atoms with Crippen molar-refractivity contribution in [3.8, 4) is 0 Å². The van der Waals surface area contributed by atoms with Crippen molar-refractivity contribution in [2.24, 2.45) is 0 Å². The van der Waals surface area contributed by atoms with Crippen LogP contribution in [0.1, 0.15) is 25.7 Å². The average molecular weight is 260 g/mol. The number of nitrogens with zero attached hydrogens (tertiary/aromatic N) is 2. The Labute approximate surface area is 118 Å². The number of para-hydroxylation sites is 4. The van der Waals surface area contributed by atoms with Crippen LogP contribution >= 0.6 is 0 Å². The lowest BCUT2D eigenvalue weighted by molar-refractivity contribution is 0.639. The van der Waals surface area contributed by atoms with Gasteiger partial charge in [-0.15, -0.1) is 0 Å². The molecule has 0 spiro atoms. The smallest absolute Gasteiger partial charge is 0.0701 e. The fourth-order valence-electron chi connectivity index (χ4n) is 3.88. The molecule has 0 saturated carbocycles. The van der Waals surface area contributed by atoms with Gasteiger partial charge in [-0.25, -0.2) is 0 Å². The van der Waals surface area contributed by atoms with Crippen LogP contribution in [0.3, 0.4) is 0 Å². The highest BCUT2D eigenvalue weighted by Gasteiger charge is 2.39. The largest absolute Gasteiger partial charge is 0.308 e. The topological polar surface area (TPSA) is 6.48 Å². The SMILES string of the molecule is c1ccc2c(c1)N1C3=C(CCCC3)N2c2ccccc21. The van der Waals surface area contributed by atoms with E-state index in [2.05, 4.69) is 58.3 Å². The summed E-state index contributed by atoms with van der Waals surface area (Å²) < 4.78 is 0. The molecule has 20 heavy (non-hydrogen) atoms. The zero-order chi connectivity index (χ0) is 13.1. The van der Waals surface area contributed by atoms with Crippen LogP contribution in [0, 0.1) is 0 Å². The molecule has 0 aromatic heterocycles. The Kier molecular flexibility index (Phi) is 1.93. The second-order valence-corrected chi connectivity index (χ2v) is 5.75. The zero-order valence-electron chi connectivity index (χ0n) is 11.3. The van der Waals surface area contributed by atoms with E-state index < -0.39 is 0 Å². The fraction of sp³-hybridized carbons (Fsp3) is 0.222. The lowest BCUT2D eigenvalue weighted by Crippen LogP contribution is -2.38. The predicted molar refractivity (Wildman–Crippen MR) is 82.7 cm³/mol. The van der Waals surface area contributed by atoms with Gasteiger partial charge in [0.15, 0.2) is 0 Å². The fourth-order valence-corrected chi connectivity index (χ4v) is 3.88. The first-order chi connectivity index (χ1) is 9.95. The Morgan fingerprint density at radius 1 is 0.550 bits per heavy atom. The molecule has 0 saturated heterocycles. The lowest BCUT2D eigenvalue weighted by atomic mass is 9.91. The van der Waals surface area contributed by atoms with E-state index >= 15 is 0 Å². The van der Waals surface area contributed by atoms with Crippen molar-refractivity contribution in [2.75, 3.05) is 9.80 Å². The number of hydrogen-bond donors (Lipinski definition) is 0. The minimum absolute atomic E-state index is 1.20. The summed E-state index contributed by atoms with van der Waals surface area (Å²) in [4.78, 5) is 5.00. The summed E-state index contributed by atoms with van der Waals surface area (Å²) in [6.07, 6.45) is 5.03. The van der Waals surface area contributed by atoms with Gasteiger partial charge >= 0.3 is 0 Å². The minimum atomic E-state index is 1.20. The Hall–Kier alpha value is -2.22. The normalized spacial score (nSPS) is 18.8. The Bertz CT molecular complexity index is 635. The Balaban J connectivity index is 1.86. The molecular weight excluding hydrogens is 244 g/mol. The van der Waals surface area contributed by atoms with Gasteiger partial charge < -0.3 is 9.80 Å². The first-order valence-electron chi connectivity index (χ1n) is 7.45. The van der Waals surface area contributed by atoms with E-state index in [4.69, 9.17) is 0 Å². The minimum Gasteiger partial charge on any atom is -0.308 e. The van der Waals surface area contributed by atoms with E-state index in [0.29, 0.717) is 0 Å². The molecular formula is C18H16N2. The Morgan fingerprint density at radius 3 is 1.25 bits per heavy atom. The van der Waals surface area contributed by atoms with E-state index in [1.807, 2.05) is 0 Å². The van der Waals surface area contributed by atoms with Crippen LogP contribution < -0.4 is 9.80 Å². The van der Waals surface area contributed by atoms with Crippen molar-refractivity contribution >= 4 is 22.7 Å². The predicted octanol–water partition coefficient (Wildman–Crippen LogP) is 5.08. The number of anilines is 4. The molecule has 4 aliphatic rings. The van der Waals surface area contributed by atoms with Crippen LogP contribution in [-0.4, -0.2) is 0 Å². The number of allylic oxidation sites excluding steroid dienone is 2. The van der Waals surface area contributed by atoms with Crippen molar-refractivity contribution in [3.63, 3.8) is 0 Å². The van der Waals surface area contributed by atoms with Crippen LogP contribution in [0.5, 0.6) is 0 Å². The van der Waals surface area contributed by atoms with Gasteiger partial charge in [-0.1, -0.05) is 24.3 Å². The Morgan fingerprint density at radius 2 is 0.900 bits per heavy atom. The van der Waals surface area contributed by atoms with E-state index in [9.17, 15) is 0 Å². The second kappa shape index (κ2) is 3.66. The lowest BCUT2D eigenvalue weighted by Gasteiger charge is -2.49. The molecule has 0 fully saturated rings. The van der Waals surface area contributed by atoms with Gasteiger partial charge in [0.2, 0.25) is 0 Å². The maximum Gasteiger partial charge on any atom is 0.0701 e. The third kappa shape index (κ3) is 1.15. The summed E-state index contributed by atoms with van der Waals surface area (Å²) in [7, 11) is 0. The molecule has 0 N–H and O–H groups in total. The van der Waals surface area contributed by atoms with E-state index in [0.717, 1.165) is 0 Å². The molecule has 0 unspecified atom stereocenters. The molecule has 0 amide bonds. The number of hydrogen-bond acceptors (Lipinski definition) is 2. The van der Waals surface area contributed by atoms with Gasteiger partial charge in [0.05, 0.1) is 22.7 Å². The van der Waals surface area contributed by atoms with Gasteiger partial charge in [0, 0.05) is 11.4 Å². The molecule has 1 aliphatic carbocycles. The molecule has 2 heteroatoms. The summed E-state index contributed by atoms with van der Waals surface area (Å²) in [5.74, 6) is 0. The molecule has 98 valence electrons. The monoisotopic (exact) mass is 260 g/mol. The van der Waals surface area contributed by atoms with Crippen molar-refractivity contribution in [3.05, 3.63) is 59.9 Å². The van der Waals surface area contributed by atoms with Gasteiger partial charge in [-0.2, -0.15) is 0 Å². The number of benzene rings is 2. The summed E-state index contributed by atoms with van der Waals surface area (Å²) in [6, 6.07) is 17.6. The molecule has 6 rings (SSSR count). The maximum atomic E-state index is 2.50. The van der Waals surface area contributed by atoms with Crippen molar-refractivity contribution < 1.29 is 0 Å². The third-order valence-electron chi connectivity index (χ3n) is 4.68. The van der Waals surface area contributed by atoms with Crippen LogP contribution in [0.25, 0.3) is 0 Å². The highest BCUT2D eigenvalue weighted by atomic mass is 15.3. The summed E-state index contributed by atoms with van der Waals surface area (Å²) in [5.41, 5.74) is 8.40. The second-order valence-electron chi connectivity index (χ2n) is 5.75. The highest BCUT2D eigenvalue weighted by molar-refractivity contribution is 6.00. The molecule has 2 nitrogen and oxygen atoms in total. The van der Waals surface area contributed by atoms with Gasteiger partial charge in [0.1, 0.15) is 0 Å². The molecule has 2 aromatic rings. The summed E-state index contributed by atoms with van der Waals surface area (Å²) in [6.45, 7) is 0. The standard InChI is InChI=1S/C18H16N2/c1-2-8-14-13(7-1)19-15-9-3-5-11-17(15)20(14)18-12-6-4-10-16(18)19/h1-3,5,7-9,11H,4,6,10,12H2. The zero-order valence-corrected chi connectivity index (χ0v) is 11.3. The molecule has 3 aliphatic heterocycles. The summed E-state index contributed by atoms with van der Waals surface area (Å²) in [5, 5.41) is 0. The van der Waals surface area contributed by atoms with Crippen LogP contribution in [0.15, 0.2) is 59.9 Å². The van der Waals surface area contributed by atoms with E-state index in [1.54, 1.807) is 0 Å². The summed E-state index contributed by atoms with van der Waals surface area (Å²) >= 11 is 0. The van der Waals surface area contributed by atoms with Gasteiger partial charge in [-0.3, -0.25) is 0 Å². The molecule has 0 atom stereocenters. The average Bonchev–Trinajstić information content (AvgIpc) is 2.54. The van der Waals surface area contributed by atoms with Crippen LogP contribution in [0.4, 0.5) is 22.7 Å².